The minimum Gasteiger partial charge on any atom is -0.395 e. The van der Waals surface area contributed by atoms with Crippen LogP contribution in [-0.4, -0.2) is 22.5 Å². The smallest absolute Gasteiger partial charge is 0.0653 e. The van der Waals surface area contributed by atoms with Crippen LogP contribution in [0.4, 0.5) is 0 Å². The van der Waals surface area contributed by atoms with Crippen molar-refractivity contribution in [1.82, 2.24) is 4.98 Å². The highest BCUT2D eigenvalue weighted by molar-refractivity contribution is 8.00. The summed E-state index contributed by atoms with van der Waals surface area (Å²) >= 11 is 1.87. The first-order chi connectivity index (χ1) is 6.87. The number of thioether (sulfide) groups is 1. The Morgan fingerprint density at radius 3 is 3.00 bits per heavy atom. The molecule has 1 atom stereocenters. The van der Waals surface area contributed by atoms with Gasteiger partial charge in [0.05, 0.1) is 11.4 Å². The van der Waals surface area contributed by atoms with Crippen molar-refractivity contribution in [3.05, 3.63) is 30.1 Å². The van der Waals surface area contributed by atoms with Gasteiger partial charge in [-0.2, -0.15) is 0 Å². The highest BCUT2D eigenvalue weighted by Crippen LogP contribution is 2.44. The van der Waals surface area contributed by atoms with Gasteiger partial charge < -0.3 is 5.11 Å². The van der Waals surface area contributed by atoms with E-state index in [2.05, 4.69) is 11.1 Å². The molecule has 76 valence electrons. The second-order valence-corrected chi connectivity index (χ2v) is 5.18. The number of aliphatic hydroxyl groups is 1. The van der Waals surface area contributed by atoms with Crippen LogP contribution in [0.15, 0.2) is 24.5 Å². The number of hydrogen-bond acceptors (Lipinski definition) is 3. The van der Waals surface area contributed by atoms with Gasteiger partial charge in [0.25, 0.3) is 0 Å². The predicted molar refractivity (Wildman–Crippen MR) is 59.3 cm³/mol. The lowest BCUT2D eigenvalue weighted by atomic mass is 9.94. The molecule has 0 aliphatic carbocycles. The fraction of sp³-hybridized carbons (Fsp3) is 0.545. The van der Waals surface area contributed by atoms with Crippen molar-refractivity contribution in [2.24, 2.45) is 0 Å². The summed E-state index contributed by atoms with van der Waals surface area (Å²) in [5.74, 6) is 1.15. The van der Waals surface area contributed by atoms with Crippen molar-refractivity contribution in [3.63, 3.8) is 0 Å². The molecule has 1 aliphatic heterocycles. The molecule has 0 bridgehead atoms. The number of rotatable bonds is 2. The molecule has 0 saturated carbocycles. The van der Waals surface area contributed by atoms with Crippen molar-refractivity contribution in [1.29, 1.82) is 0 Å². The van der Waals surface area contributed by atoms with Crippen LogP contribution in [0, 0.1) is 0 Å². The highest BCUT2D eigenvalue weighted by atomic mass is 32.2. The Labute approximate surface area is 88.8 Å². The average molecular weight is 209 g/mol. The maximum Gasteiger partial charge on any atom is 0.0653 e. The Morgan fingerprint density at radius 2 is 2.43 bits per heavy atom. The molecule has 1 fully saturated rings. The first kappa shape index (κ1) is 9.99. The average Bonchev–Trinajstić information content (AvgIpc) is 2.31. The lowest BCUT2D eigenvalue weighted by Gasteiger charge is -2.35. The summed E-state index contributed by atoms with van der Waals surface area (Å²) in [4.78, 5) is 4.13. The fourth-order valence-corrected chi connectivity index (χ4v) is 3.33. The molecule has 1 aromatic rings. The molecule has 1 aliphatic rings. The van der Waals surface area contributed by atoms with E-state index in [9.17, 15) is 5.11 Å². The Hall–Kier alpha value is -0.540. The van der Waals surface area contributed by atoms with Gasteiger partial charge in [0.15, 0.2) is 0 Å². The van der Waals surface area contributed by atoms with E-state index in [0.717, 1.165) is 12.2 Å². The van der Waals surface area contributed by atoms with E-state index >= 15 is 0 Å². The van der Waals surface area contributed by atoms with Crippen LogP contribution in [0.3, 0.4) is 0 Å². The molecule has 1 saturated heterocycles. The first-order valence-electron chi connectivity index (χ1n) is 5.03. The van der Waals surface area contributed by atoms with Crippen LogP contribution in [0.25, 0.3) is 0 Å². The van der Waals surface area contributed by atoms with Crippen molar-refractivity contribution in [3.8, 4) is 0 Å². The van der Waals surface area contributed by atoms with E-state index in [4.69, 9.17) is 0 Å². The van der Waals surface area contributed by atoms with E-state index in [1.807, 2.05) is 24.0 Å². The molecule has 2 nitrogen and oxygen atoms in total. The maximum atomic E-state index is 9.55. The van der Waals surface area contributed by atoms with Gasteiger partial charge in [0.2, 0.25) is 0 Å². The third kappa shape index (κ3) is 1.79. The van der Waals surface area contributed by atoms with Gasteiger partial charge in [-0.05, 0) is 30.2 Å². The van der Waals surface area contributed by atoms with Gasteiger partial charge >= 0.3 is 0 Å². The van der Waals surface area contributed by atoms with E-state index in [1.54, 1.807) is 6.20 Å². The zero-order chi connectivity index (χ0) is 9.86. The second-order valence-electron chi connectivity index (χ2n) is 3.70. The Kier molecular flexibility index (Phi) is 3.08. The number of aromatic nitrogens is 1. The second kappa shape index (κ2) is 4.32. The van der Waals surface area contributed by atoms with E-state index in [0.29, 0.717) is 0 Å². The molecule has 0 radical (unpaired) electrons. The van der Waals surface area contributed by atoms with Gasteiger partial charge in [-0.3, -0.25) is 4.98 Å². The molecule has 1 aromatic heterocycles. The monoisotopic (exact) mass is 209 g/mol. The summed E-state index contributed by atoms with van der Waals surface area (Å²) in [7, 11) is 0. The van der Waals surface area contributed by atoms with Gasteiger partial charge in [-0.15, -0.1) is 11.8 Å². The van der Waals surface area contributed by atoms with Crippen LogP contribution in [0.2, 0.25) is 0 Å². The number of pyridine rings is 1. The van der Waals surface area contributed by atoms with Gasteiger partial charge in [-0.25, -0.2) is 0 Å². The fourth-order valence-electron chi connectivity index (χ4n) is 1.93. The first-order valence-corrected chi connectivity index (χ1v) is 6.01. The summed E-state index contributed by atoms with van der Waals surface area (Å²) in [5.41, 5.74) is 1.17. The lowest BCUT2D eigenvalue weighted by molar-refractivity contribution is 0.236. The van der Waals surface area contributed by atoms with Crippen LogP contribution in [0.5, 0.6) is 0 Å². The zero-order valence-electron chi connectivity index (χ0n) is 8.15. The van der Waals surface area contributed by atoms with Crippen molar-refractivity contribution in [2.45, 2.75) is 24.0 Å². The molecule has 2 rings (SSSR count). The SMILES string of the molecule is OCC1(c2cccnc2)CCCCS1. The van der Waals surface area contributed by atoms with Crippen LogP contribution in [0.1, 0.15) is 24.8 Å². The molecular formula is C11H15NOS. The topological polar surface area (TPSA) is 33.1 Å². The molecule has 1 unspecified atom stereocenters. The number of hydrogen-bond donors (Lipinski definition) is 1. The Morgan fingerprint density at radius 1 is 1.50 bits per heavy atom. The van der Waals surface area contributed by atoms with E-state index in [1.165, 1.54) is 18.4 Å². The maximum absolute atomic E-state index is 9.55. The van der Waals surface area contributed by atoms with Crippen LogP contribution < -0.4 is 0 Å². The predicted octanol–water partition coefficient (Wildman–Crippen LogP) is 2.19. The molecule has 2 heterocycles. The largest absolute Gasteiger partial charge is 0.395 e. The Balaban J connectivity index is 2.27. The van der Waals surface area contributed by atoms with Crippen LogP contribution in [-0.2, 0) is 4.75 Å². The van der Waals surface area contributed by atoms with Crippen molar-refractivity contribution >= 4 is 11.8 Å². The zero-order valence-corrected chi connectivity index (χ0v) is 8.96. The molecule has 0 aromatic carbocycles. The van der Waals surface area contributed by atoms with E-state index < -0.39 is 0 Å². The number of nitrogens with zero attached hydrogens (tertiary/aromatic N) is 1. The summed E-state index contributed by atoms with van der Waals surface area (Å²) in [5, 5.41) is 9.55. The molecular weight excluding hydrogens is 194 g/mol. The van der Waals surface area contributed by atoms with Crippen molar-refractivity contribution < 1.29 is 5.11 Å². The van der Waals surface area contributed by atoms with Crippen molar-refractivity contribution in [2.75, 3.05) is 12.4 Å². The summed E-state index contributed by atoms with van der Waals surface area (Å²) < 4.78 is -0.0769. The third-order valence-electron chi connectivity index (χ3n) is 2.80. The minimum absolute atomic E-state index is 0.0769. The Bertz CT molecular complexity index is 283. The van der Waals surface area contributed by atoms with Crippen LogP contribution >= 0.6 is 11.8 Å². The summed E-state index contributed by atoms with van der Waals surface area (Å²) in [6, 6.07) is 4.02. The molecule has 3 heteroatoms. The molecule has 1 N–H and O–H groups in total. The lowest BCUT2D eigenvalue weighted by Crippen LogP contribution is -2.30. The van der Waals surface area contributed by atoms with Gasteiger partial charge in [-0.1, -0.05) is 12.5 Å². The van der Waals surface area contributed by atoms with E-state index in [-0.39, 0.29) is 11.4 Å². The molecule has 0 spiro atoms. The highest BCUT2D eigenvalue weighted by Gasteiger charge is 2.34. The normalized spacial score (nSPS) is 27.5. The third-order valence-corrected chi connectivity index (χ3v) is 4.41. The van der Waals surface area contributed by atoms with Gasteiger partial charge in [0.1, 0.15) is 0 Å². The summed E-state index contributed by atoms with van der Waals surface area (Å²) in [6.45, 7) is 0.226. The molecule has 0 amide bonds. The number of aliphatic hydroxyl groups excluding tert-OH is 1. The van der Waals surface area contributed by atoms with Gasteiger partial charge in [0, 0.05) is 12.4 Å². The quantitative estimate of drug-likeness (QED) is 0.810. The minimum atomic E-state index is -0.0769. The standard InChI is InChI=1S/C11H15NOS/c13-9-11(5-1-2-7-14-11)10-4-3-6-12-8-10/h3-4,6,8,13H,1-2,5,7,9H2. The molecule has 14 heavy (non-hydrogen) atoms. The summed E-state index contributed by atoms with van der Waals surface area (Å²) in [6.07, 6.45) is 7.21.